The molecule has 0 aliphatic rings. The molecule has 0 saturated heterocycles. The van der Waals surface area contributed by atoms with Gasteiger partial charge >= 0.3 is 0 Å². The number of ether oxygens (including phenoxy) is 1. The van der Waals surface area contributed by atoms with Crippen LogP contribution >= 0.6 is 0 Å². The molecule has 0 spiro atoms. The number of aromatic nitrogens is 4. The molecule has 16 heavy (non-hydrogen) atoms. The first-order valence-electron chi connectivity index (χ1n) is 4.83. The van der Waals surface area contributed by atoms with Crippen molar-refractivity contribution >= 4 is 11.8 Å². The Bertz CT molecular complexity index is 457. The van der Waals surface area contributed by atoms with E-state index in [1.165, 1.54) is 0 Å². The van der Waals surface area contributed by atoms with Crippen molar-refractivity contribution in [2.45, 2.75) is 6.92 Å². The van der Waals surface area contributed by atoms with Gasteiger partial charge in [0, 0.05) is 18.8 Å². The van der Waals surface area contributed by atoms with Gasteiger partial charge in [0.2, 0.25) is 5.95 Å². The Labute approximate surface area is 93.3 Å². The molecule has 0 unspecified atom stereocenters. The molecule has 0 fully saturated rings. The lowest BCUT2D eigenvalue weighted by Gasteiger charge is -2.01. The van der Waals surface area contributed by atoms with Crippen molar-refractivity contribution in [1.82, 2.24) is 19.7 Å². The summed E-state index contributed by atoms with van der Waals surface area (Å²) >= 11 is 0. The summed E-state index contributed by atoms with van der Waals surface area (Å²) in [5.74, 6) is 1.85. The zero-order chi connectivity index (χ0) is 11.5. The van der Waals surface area contributed by atoms with Gasteiger partial charge < -0.3 is 10.1 Å². The summed E-state index contributed by atoms with van der Waals surface area (Å²) in [6.45, 7) is 1.98. The fraction of sp³-hybridized carbons (Fsp3) is 0.300. The summed E-state index contributed by atoms with van der Waals surface area (Å²) in [6, 6.07) is 1.92. The van der Waals surface area contributed by atoms with E-state index in [0.717, 1.165) is 11.5 Å². The number of aryl methyl sites for hydroxylation is 2. The first-order chi connectivity index (χ1) is 7.69. The molecule has 6 nitrogen and oxygen atoms in total. The van der Waals surface area contributed by atoms with Gasteiger partial charge in [0.25, 0.3) is 0 Å². The molecule has 1 N–H and O–H groups in total. The zero-order valence-electron chi connectivity index (χ0n) is 9.43. The topological polar surface area (TPSA) is 64.9 Å². The van der Waals surface area contributed by atoms with Crippen molar-refractivity contribution in [1.29, 1.82) is 0 Å². The van der Waals surface area contributed by atoms with E-state index < -0.39 is 0 Å². The summed E-state index contributed by atoms with van der Waals surface area (Å²) in [5.41, 5.74) is 1.07. The molecule has 0 atom stereocenters. The molecular formula is C10H13N5O. The molecule has 0 amide bonds. The summed E-state index contributed by atoms with van der Waals surface area (Å²) in [5, 5.41) is 7.25. The minimum absolute atomic E-state index is 0.499. The average Bonchev–Trinajstić information content (AvgIpc) is 2.59. The van der Waals surface area contributed by atoms with Gasteiger partial charge in [0.1, 0.15) is 0 Å². The van der Waals surface area contributed by atoms with Crippen molar-refractivity contribution in [3.05, 3.63) is 24.2 Å². The maximum absolute atomic E-state index is 4.97. The summed E-state index contributed by atoms with van der Waals surface area (Å²) in [7, 11) is 3.46. The normalized spacial score (nSPS) is 10.2. The molecule has 0 bridgehead atoms. The van der Waals surface area contributed by atoms with Crippen LogP contribution in [0.25, 0.3) is 0 Å². The van der Waals surface area contributed by atoms with E-state index in [0.29, 0.717) is 11.7 Å². The average molecular weight is 219 g/mol. The zero-order valence-corrected chi connectivity index (χ0v) is 9.43. The van der Waals surface area contributed by atoms with Crippen LogP contribution in [0.2, 0.25) is 0 Å². The van der Waals surface area contributed by atoms with E-state index in [9.17, 15) is 0 Å². The molecule has 2 heterocycles. The van der Waals surface area contributed by atoms with Crippen molar-refractivity contribution in [2.24, 2.45) is 7.05 Å². The SMILES string of the molecule is COc1cnc(Nc2cc(C)n(C)n2)nc1. The smallest absolute Gasteiger partial charge is 0.228 e. The molecule has 84 valence electrons. The fourth-order valence-corrected chi connectivity index (χ4v) is 1.22. The second-order valence-corrected chi connectivity index (χ2v) is 3.37. The third kappa shape index (κ3) is 2.10. The predicted molar refractivity (Wildman–Crippen MR) is 59.8 cm³/mol. The van der Waals surface area contributed by atoms with Crippen LogP contribution in [0.4, 0.5) is 11.8 Å². The first-order valence-corrected chi connectivity index (χ1v) is 4.83. The number of hydrogen-bond acceptors (Lipinski definition) is 5. The van der Waals surface area contributed by atoms with Gasteiger partial charge in [-0.25, -0.2) is 9.97 Å². The Hall–Kier alpha value is -2.11. The van der Waals surface area contributed by atoms with E-state index in [4.69, 9.17) is 4.74 Å². The van der Waals surface area contributed by atoms with Crippen LogP contribution in [0.15, 0.2) is 18.5 Å². The fourth-order valence-electron chi connectivity index (χ4n) is 1.22. The highest BCUT2D eigenvalue weighted by atomic mass is 16.5. The van der Waals surface area contributed by atoms with Gasteiger partial charge in [-0.2, -0.15) is 5.10 Å². The molecule has 0 radical (unpaired) electrons. The maximum Gasteiger partial charge on any atom is 0.228 e. The number of nitrogens with one attached hydrogen (secondary N) is 1. The molecule has 6 heteroatoms. The molecular weight excluding hydrogens is 206 g/mol. The minimum Gasteiger partial charge on any atom is -0.494 e. The monoisotopic (exact) mass is 219 g/mol. The van der Waals surface area contributed by atoms with Crippen molar-refractivity contribution in [3.8, 4) is 5.75 Å². The standard InChI is InChI=1S/C10H13N5O/c1-7-4-9(14-15(7)2)13-10-11-5-8(16-3)6-12-10/h4-6H,1-3H3,(H,11,12,13,14). The van der Waals surface area contributed by atoms with E-state index in [1.54, 1.807) is 24.2 Å². The Morgan fingerprint density at radius 3 is 2.50 bits per heavy atom. The molecule has 0 aromatic carbocycles. The van der Waals surface area contributed by atoms with Gasteiger partial charge in [0.05, 0.1) is 19.5 Å². The van der Waals surface area contributed by atoms with E-state index >= 15 is 0 Å². The molecule has 0 saturated carbocycles. The van der Waals surface area contributed by atoms with Gasteiger partial charge in [0.15, 0.2) is 11.6 Å². The number of methoxy groups -OCH3 is 1. The predicted octanol–water partition coefficient (Wildman–Crippen LogP) is 1.27. The first kappa shape index (κ1) is 10.4. The molecule has 2 rings (SSSR count). The Morgan fingerprint density at radius 1 is 1.31 bits per heavy atom. The van der Waals surface area contributed by atoms with Crippen molar-refractivity contribution in [2.75, 3.05) is 12.4 Å². The van der Waals surface area contributed by atoms with Crippen LogP contribution in [-0.2, 0) is 7.05 Å². The minimum atomic E-state index is 0.499. The second-order valence-electron chi connectivity index (χ2n) is 3.37. The Morgan fingerprint density at radius 2 is 2.00 bits per heavy atom. The number of anilines is 2. The lowest BCUT2D eigenvalue weighted by molar-refractivity contribution is 0.411. The van der Waals surface area contributed by atoms with Crippen LogP contribution in [-0.4, -0.2) is 26.9 Å². The van der Waals surface area contributed by atoms with E-state index in [-0.39, 0.29) is 0 Å². The lowest BCUT2D eigenvalue weighted by Crippen LogP contribution is -1.98. The van der Waals surface area contributed by atoms with Gasteiger partial charge in [-0.15, -0.1) is 0 Å². The number of hydrogen-bond donors (Lipinski definition) is 1. The Kier molecular flexibility index (Phi) is 2.72. The highest BCUT2D eigenvalue weighted by Crippen LogP contribution is 2.13. The van der Waals surface area contributed by atoms with E-state index in [2.05, 4.69) is 20.4 Å². The third-order valence-electron chi connectivity index (χ3n) is 2.22. The highest BCUT2D eigenvalue weighted by Gasteiger charge is 2.03. The third-order valence-corrected chi connectivity index (χ3v) is 2.22. The van der Waals surface area contributed by atoms with Crippen LogP contribution < -0.4 is 10.1 Å². The van der Waals surface area contributed by atoms with Gasteiger partial charge in [-0.05, 0) is 6.92 Å². The number of nitrogens with zero attached hydrogens (tertiary/aromatic N) is 4. The molecule has 0 aliphatic heterocycles. The summed E-state index contributed by atoms with van der Waals surface area (Å²) in [4.78, 5) is 8.17. The van der Waals surface area contributed by atoms with Crippen LogP contribution in [0.3, 0.4) is 0 Å². The second kappa shape index (κ2) is 4.18. The van der Waals surface area contributed by atoms with Crippen molar-refractivity contribution < 1.29 is 4.74 Å². The van der Waals surface area contributed by atoms with Crippen molar-refractivity contribution in [3.63, 3.8) is 0 Å². The molecule has 0 aliphatic carbocycles. The van der Waals surface area contributed by atoms with Crippen LogP contribution in [0.1, 0.15) is 5.69 Å². The summed E-state index contributed by atoms with van der Waals surface area (Å²) < 4.78 is 6.75. The molecule has 2 aromatic heterocycles. The summed E-state index contributed by atoms with van der Waals surface area (Å²) in [6.07, 6.45) is 3.20. The Balaban J connectivity index is 2.14. The van der Waals surface area contributed by atoms with Crippen LogP contribution in [0.5, 0.6) is 5.75 Å². The highest BCUT2D eigenvalue weighted by molar-refractivity contribution is 5.47. The van der Waals surface area contributed by atoms with E-state index in [1.807, 2.05) is 20.0 Å². The van der Waals surface area contributed by atoms with Gasteiger partial charge in [-0.3, -0.25) is 4.68 Å². The maximum atomic E-state index is 4.97. The molecule has 2 aromatic rings. The van der Waals surface area contributed by atoms with Gasteiger partial charge in [-0.1, -0.05) is 0 Å². The lowest BCUT2D eigenvalue weighted by atomic mass is 10.4. The number of rotatable bonds is 3. The largest absolute Gasteiger partial charge is 0.494 e. The van der Waals surface area contributed by atoms with Crippen LogP contribution in [0, 0.1) is 6.92 Å². The quantitative estimate of drug-likeness (QED) is 0.842.